The first kappa shape index (κ1) is 14.0. The molecule has 0 aromatic carbocycles. The summed E-state index contributed by atoms with van der Waals surface area (Å²) in [5, 5.41) is 3.21. The maximum atomic E-state index is 12.4. The number of carbonyl (C=O) groups is 1. The van der Waals surface area contributed by atoms with E-state index >= 15 is 0 Å². The van der Waals surface area contributed by atoms with Crippen LogP contribution in [0.15, 0.2) is 12.3 Å². The molecule has 1 heterocycles. The SMILES string of the molecule is CCC1CCCCC1NC(=O)c1cc(N)cn1CC. The molecule has 0 aliphatic heterocycles. The molecule has 1 amide bonds. The number of hydrogen-bond acceptors (Lipinski definition) is 2. The summed E-state index contributed by atoms with van der Waals surface area (Å²) >= 11 is 0. The topological polar surface area (TPSA) is 60.1 Å². The molecule has 106 valence electrons. The zero-order valence-electron chi connectivity index (χ0n) is 12.0. The number of rotatable bonds is 4. The van der Waals surface area contributed by atoms with Gasteiger partial charge in [0.1, 0.15) is 5.69 Å². The number of nitrogen functional groups attached to an aromatic ring is 1. The summed E-state index contributed by atoms with van der Waals surface area (Å²) in [7, 11) is 0. The van der Waals surface area contributed by atoms with Gasteiger partial charge in [-0.2, -0.15) is 0 Å². The Morgan fingerprint density at radius 2 is 2.16 bits per heavy atom. The van der Waals surface area contributed by atoms with E-state index in [1.807, 2.05) is 17.7 Å². The Bertz CT molecular complexity index is 439. The van der Waals surface area contributed by atoms with E-state index in [9.17, 15) is 4.79 Å². The normalized spacial score (nSPS) is 23.3. The Labute approximate surface area is 115 Å². The van der Waals surface area contributed by atoms with Crippen molar-refractivity contribution in [1.29, 1.82) is 0 Å². The lowest BCUT2D eigenvalue weighted by Gasteiger charge is -2.31. The highest BCUT2D eigenvalue weighted by molar-refractivity contribution is 5.94. The van der Waals surface area contributed by atoms with E-state index in [0.29, 0.717) is 23.3 Å². The lowest BCUT2D eigenvalue weighted by atomic mass is 9.83. The molecule has 1 aliphatic carbocycles. The second kappa shape index (κ2) is 6.13. The molecule has 1 fully saturated rings. The van der Waals surface area contributed by atoms with E-state index < -0.39 is 0 Å². The van der Waals surface area contributed by atoms with Gasteiger partial charge in [-0.25, -0.2) is 0 Å². The van der Waals surface area contributed by atoms with Crippen molar-refractivity contribution in [3.05, 3.63) is 18.0 Å². The predicted octanol–water partition coefficient (Wildman–Crippen LogP) is 2.79. The maximum absolute atomic E-state index is 12.4. The van der Waals surface area contributed by atoms with Gasteiger partial charge < -0.3 is 15.6 Å². The molecule has 2 rings (SSSR count). The average Bonchev–Trinajstić information content (AvgIpc) is 2.80. The largest absolute Gasteiger partial charge is 0.397 e. The number of nitrogens with zero attached hydrogens (tertiary/aromatic N) is 1. The third-order valence-electron chi connectivity index (χ3n) is 4.24. The van der Waals surface area contributed by atoms with Crippen LogP contribution >= 0.6 is 0 Å². The van der Waals surface area contributed by atoms with E-state index in [0.717, 1.165) is 19.4 Å². The van der Waals surface area contributed by atoms with Crippen molar-refractivity contribution in [3.8, 4) is 0 Å². The molecule has 2 unspecified atom stereocenters. The summed E-state index contributed by atoms with van der Waals surface area (Å²) in [6.45, 7) is 5.00. The van der Waals surface area contributed by atoms with Crippen LogP contribution in [0.5, 0.6) is 0 Å². The zero-order valence-corrected chi connectivity index (χ0v) is 12.0. The van der Waals surface area contributed by atoms with Crippen molar-refractivity contribution in [3.63, 3.8) is 0 Å². The summed E-state index contributed by atoms with van der Waals surface area (Å²) in [6, 6.07) is 2.09. The summed E-state index contributed by atoms with van der Waals surface area (Å²) < 4.78 is 1.91. The molecule has 3 N–H and O–H groups in total. The van der Waals surface area contributed by atoms with Gasteiger partial charge in [-0.1, -0.05) is 26.2 Å². The van der Waals surface area contributed by atoms with Gasteiger partial charge in [0.2, 0.25) is 0 Å². The number of amides is 1. The van der Waals surface area contributed by atoms with E-state index in [-0.39, 0.29) is 5.91 Å². The quantitative estimate of drug-likeness (QED) is 0.877. The minimum absolute atomic E-state index is 0.0175. The maximum Gasteiger partial charge on any atom is 0.268 e. The number of nitrogens with one attached hydrogen (secondary N) is 1. The van der Waals surface area contributed by atoms with Gasteiger partial charge in [-0.05, 0) is 31.7 Å². The highest BCUT2D eigenvalue weighted by Crippen LogP contribution is 2.27. The Hall–Kier alpha value is -1.45. The van der Waals surface area contributed by atoms with Crippen molar-refractivity contribution in [1.82, 2.24) is 9.88 Å². The molecular weight excluding hydrogens is 238 g/mol. The molecule has 1 aliphatic rings. The molecule has 19 heavy (non-hydrogen) atoms. The molecule has 1 aromatic rings. The summed E-state index contributed by atoms with van der Waals surface area (Å²) in [5.74, 6) is 0.643. The number of carbonyl (C=O) groups excluding carboxylic acids is 1. The third-order valence-corrected chi connectivity index (χ3v) is 4.24. The minimum atomic E-state index is 0.0175. The van der Waals surface area contributed by atoms with Gasteiger partial charge in [0, 0.05) is 18.8 Å². The van der Waals surface area contributed by atoms with E-state index in [1.165, 1.54) is 19.3 Å². The predicted molar refractivity (Wildman–Crippen MR) is 78.0 cm³/mol. The Balaban J connectivity index is 2.07. The lowest BCUT2D eigenvalue weighted by molar-refractivity contribution is 0.0895. The third kappa shape index (κ3) is 3.11. The van der Waals surface area contributed by atoms with Crippen LogP contribution in [0, 0.1) is 5.92 Å². The monoisotopic (exact) mass is 263 g/mol. The van der Waals surface area contributed by atoms with Gasteiger partial charge >= 0.3 is 0 Å². The van der Waals surface area contributed by atoms with Gasteiger partial charge in [0.25, 0.3) is 5.91 Å². The minimum Gasteiger partial charge on any atom is -0.397 e. The highest BCUT2D eigenvalue weighted by Gasteiger charge is 2.26. The smallest absolute Gasteiger partial charge is 0.268 e. The van der Waals surface area contributed by atoms with Gasteiger partial charge in [-0.3, -0.25) is 4.79 Å². The second-order valence-corrected chi connectivity index (χ2v) is 5.48. The zero-order chi connectivity index (χ0) is 13.8. The van der Waals surface area contributed by atoms with E-state index in [2.05, 4.69) is 12.2 Å². The Morgan fingerprint density at radius 3 is 2.84 bits per heavy atom. The van der Waals surface area contributed by atoms with Crippen molar-refractivity contribution >= 4 is 11.6 Å². The lowest BCUT2D eigenvalue weighted by Crippen LogP contribution is -2.42. The van der Waals surface area contributed by atoms with Crippen molar-refractivity contribution in [2.75, 3.05) is 5.73 Å². The first-order valence-corrected chi connectivity index (χ1v) is 7.42. The Morgan fingerprint density at radius 1 is 1.42 bits per heavy atom. The highest BCUT2D eigenvalue weighted by atomic mass is 16.2. The van der Waals surface area contributed by atoms with Gasteiger partial charge in [0.15, 0.2) is 0 Å². The number of aryl methyl sites for hydroxylation is 1. The molecule has 4 heteroatoms. The van der Waals surface area contributed by atoms with Crippen LogP contribution in [0.25, 0.3) is 0 Å². The van der Waals surface area contributed by atoms with Crippen LogP contribution in [0.3, 0.4) is 0 Å². The molecule has 2 atom stereocenters. The molecular formula is C15H25N3O. The van der Waals surface area contributed by atoms with Crippen LogP contribution in [0.1, 0.15) is 56.4 Å². The number of aromatic nitrogens is 1. The summed E-state index contributed by atoms with van der Waals surface area (Å²) in [4.78, 5) is 12.4. The molecule has 1 aromatic heterocycles. The van der Waals surface area contributed by atoms with Gasteiger partial charge in [0.05, 0.1) is 5.69 Å². The molecule has 1 saturated carbocycles. The molecule has 0 radical (unpaired) electrons. The van der Waals surface area contributed by atoms with Crippen LogP contribution in [-0.4, -0.2) is 16.5 Å². The molecule has 4 nitrogen and oxygen atoms in total. The van der Waals surface area contributed by atoms with Crippen LogP contribution in [0.2, 0.25) is 0 Å². The summed E-state index contributed by atoms with van der Waals surface area (Å²) in [6.07, 6.45) is 7.82. The van der Waals surface area contributed by atoms with Crippen LogP contribution < -0.4 is 11.1 Å². The summed E-state index contributed by atoms with van der Waals surface area (Å²) in [5.41, 5.74) is 7.11. The standard InChI is InChI=1S/C15H25N3O/c1-3-11-7-5-6-8-13(11)17-15(19)14-9-12(16)10-18(14)4-2/h9-11,13H,3-8,16H2,1-2H3,(H,17,19). The second-order valence-electron chi connectivity index (χ2n) is 5.48. The fourth-order valence-corrected chi connectivity index (χ4v) is 3.11. The first-order valence-electron chi connectivity index (χ1n) is 7.42. The van der Waals surface area contributed by atoms with Crippen molar-refractivity contribution < 1.29 is 4.79 Å². The fraction of sp³-hybridized carbons (Fsp3) is 0.667. The van der Waals surface area contributed by atoms with Gasteiger partial charge in [-0.15, -0.1) is 0 Å². The van der Waals surface area contributed by atoms with Crippen LogP contribution in [0.4, 0.5) is 5.69 Å². The fourth-order valence-electron chi connectivity index (χ4n) is 3.11. The number of nitrogens with two attached hydrogens (primary N) is 1. The van der Waals surface area contributed by atoms with E-state index in [4.69, 9.17) is 5.73 Å². The number of anilines is 1. The molecule has 0 saturated heterocycles. The number of hydrogen-bond donors (Lipinski definition) is 2. The van der Waals surface area contributed by atoms with Crippen LogP contribution in [-0.2, 0) is 6.54 Å². The first-order chi connectivity index (χ1) is 9.15. The van der Waals surface area contributed by atoms with E-state index in [1.54, 1.807) is 6.07 Å². The molecule has 0 spiro atoms. The van der Waals surface area contributed by atoms with Crippen molar-refractivity contribution in [2.24, 2.45) is 5.92 Å². The Kier molecular flexibility index (Phi) is 4.51. The average molecular weight is 263 g/mol. The molecule has 0 bridgehead atoms. The van der Waals surface area contributed by atoms with Crippen molar-refractivity contribution in [2.45, 2.75) is 58.5 Å².